The molecule has 0 radical (unpaired) electrons. The Balaban J connectivity index is 3.69. The zero-order chi connectivity index (χ0) is 13.3. The molecule has 96 valence electrons. The van der Waals surface area contributed by atoms with Gasteiger partial charge < -0.3 is 19.7 Å². The Kier molecular flexibility index (Phi) is 7.16. The topological polar surface area (TPSA) is 84.9 Å². The van der Waals surface area contributed by atoms with Crippen LogP contribution in [0.1, 0.15) is 0 Å². The fraction of sp³-hybridized carbons (Fsp3) is 0.500. The van der Waals surface area contributed by atoms with Crippen LogP contribution >= 0.6 is 0 Å². The summed E-state index contributed by atoms with van der Waals surface area (Å²) >= 11 is 0. The zero-order valence-electron chi connectivity index (χ0n) is 10.1. The second-order valence-electron chi connectivity index (χ2n) is 3.15. The first kappa shape index (κ1) is 14.9. The Bertz CT molecular complexity index is 312. The molecule has 0 unspecified atom stereocenters. The molecule has 0 aromatic carbocycles. The number of rotatable bonds is 5. The molecule has 0 aliphatic heterocycles. The number of ether oxygens (including phenoxy) is 2. The van der Waals surface area contributed by atoms with Gasteiger partial charge >= 0.3 is 18.0 Å². The average molecular weight is 244 g/mol. The quantitative estimate of drug-likeness (QED) is 0.401. The van der Waals surface area contributed by atoms with Gasteiger partial charge in [0.05, 0.1) is 13.7 Å². The van der Waals surface area contributed by atoms with Crippen molar-refractivity contribution in [1.82, 2.24) is 10.2 Å². The Labute approximate surface area is 99.4 Å². The number of carbonyl (C=O) groups is 3. The van der Waals surface area contributed by atoms with Crippen molar-refractivity contribution in [1.29, 1.82) is 0 Å². The van der Waals surface area contributed by atoms with Gasteiger partial charge in [-0.2, -0.15) is 0 Å². The van der Waals surface area contributed by atoms with Crippen molar-refractivity contribution in [2.45, 2.75) is 0 Å². The molecule has 0 aliphatic rings. The van der Waals surface area contributed by atoms with E-state index in [1.54, 1.807) is 14.1 Å². The summed E-state index contributed by atoms with van der Waals surface area (Å²) in [4.78, 5) is 34.0. The van der Waals surface area contributed by atoms with Crippen molar-refractivity contribution >= 4 is 18.0 Å². The molecule has 0 fully saturated rings. The minimum absolute atomic E-state index is 0.0317. The van der Waals surface area contributed by atoms with Gasteiger partial charge in [0.1, 0.15) is 6.61 Å². The molecule has 0 heterocycles. The molecule has 0 saturated carbocycles. The number of hydrogen-bond acceptors (Lipinski definition) is 5. The molecule has 0 bridgehead atoms. The van der Waals surface area contributed by atoms with Gasteiger partial charge in [0.25, 0.3) is 0 Å². The lowest BCUT2D eigenvalue weighted by atomic mass is 10.5. The van der Waals surface area contributed by atoms with Gasteiger partial charge in [-0.25, -0.2) is 14.4 Å². The summed E-state index contributed by atoms with van der Waals surface area (Å²) in [5, 5.41) is 2.51. The van der Waals surface area contributed by atoms with Crippen molar-refractivity contribution < 1.29 is 23.9 Å². The summed E-state index contributed by atoms with van der Waals surface area (Å²) in [7, 11) is 4.40. The van der Waals surface area contributed by atoms with E-state index >= 15 is 0 Å². The van der Waals surface area contributed by atoms with Crippen LogP contribution in [0.5, 0.6) is 0 Å². The van der Waals surface area contributed by atoms with Gasteiger partial charge in [-0.1, -0.05) is 0 Å². The van der Waals surface area contributed by atoms with Gasteiger partial charge in [-0.15, -0.1) is 0 Å². The zero-order valence-corrected chi connectivity index (χ0v) is 10.1. The first-order valence-electron chi connectivity index (χ1n) is 4.85. The molecule has 0 saturated heterocycles. The molecule has 7 nitrogen and oxygen atoms in total. The Morgan fingerprint density at radius 1 is 1.18 bits per heavy atom. The largest absolute Gasteiger partial charge is 0.466 e. The molecule has 0 aromatic rings. The standard InChI is InChI=1S/C10H16N2O5/c1-12(2)10(15)11-6-7-17-9(14)5-4-8(13)16-3/h4-5H,6-7H2,1-3H3,(H,11,15)/b5-4+. The fourth-order valence-electron chi connectivity index (χ4n) is 0.720. The maximum atomic E-state index is 11.0. The molecule has 0 aromatic heterocycles. The van der Waals surface area contributed by atoms with Crippen LogP contribution in [0.4, 0.5) is 4.79 Å². The van der Waals surface area contributed by atoms with Crippen molar-refractivity contribution in [2.75, 3.05) is 34.4 Å². The molecule has 0 spiro atoms. The van der Waals surface area contributed by atoms with E-state index in [9.17, 15) is 14.4 Å². The third-order valence-corrected chi connectivity index (χ3v) is 1.59. The van der Waals surface area contributed by atoms with Crippen molar-refractivity contribution in [3.63, 3.8) is 0 Å². The molecule has 7 heteroatoms. The lowest BCUT2D eigenvalue weighted by molar-refractivity contribution is -0.139. The van der Waals surface area contributed by atoms with Crippen LogP contribution in [0.15, 0.2) is 12.2 Å². The van der Waals surface area contributed by atoms with E-state index in [0.717, 1.165) is 12.2 Å². The summed E-state index contributed by atoms with van der Waals surface area (Å²) < 4.78 is 8.99. The summed E-state index contributed by atoms with van der Waals surface area (Å²) in [6.07, 6.45) is 1.92. The van der Waals surface area contributed by atoms with E-state index in [1.165, 1.54) is 12.0 Å². The number of hydrogen-bond donors (Lipinski definition) is 1. The highest BCUT2D eigenvalue weighted by Gasteiger charge is 2.02. The second kappa shape index (κ2) is 8.14. The van der Waals surface area contributed by atoms with E-state index in [1.807, 2.05) is 0 Å². The van der Waals surface area contributed by atoms with Gasteiger partial charge in [-0.3, -0.25) is 0 Å². The maximum Gasteiger partial charge on any atom is 0.331 e. The van der Waals surface area contributed by atoms with Crippen molar-refractivity contribution in [2.24, 2.45) is 0 Å². The van der Waals surface area contributed by atoms with Crippen LogP contribution in [0.2, 0.25) is 0 Å². The molecule has 17 heavy (non-hydrogen) atoms. The first-order chi connectivity index (χ1) is 7.97. The summed E-state index contributed by atoms with van der Waals surface area (Å²) in [6.45, 7) is 0.235. The number of amides is 2. The van der Waals surface area contributed by atoms with Crippen LogP contribution in [0, 0.1) is 0 Å². The fourth-order valence-corrected chi connectivity index (χ4v) is 0.720. The highest BCUT2D eigenvalue weighted by atomic mass is 16.5. The van der Waals surface area contributed by atoms with Gasteiger partial charge in [0, 0.05) is 26.2 Å². The van der Waals surface area contributed by atoms with Crippen LogP contribution in [0.25, 0.3) is 0 Å². The molecule has 0 atom stereocenters. The number of esters is 2. The number of methoxy groups -OCH3 is 1. The maximum absolute atomic E-state index is 11.0. The van der Waals surface area contributed by atoms with E-state index in [-0.39, 0.29) is 19.2 Å². The molecule has 0 rings (SSSR count). The predicted octanol–water partition coefficient (Wildman–Crippen LogP) is -0.470. The van der Waals surface area contributed by atoms with Crippen molar-refractivity contribution in [3.8, 4) is 0 Å². The highest BCUT2D eigenvalue weighted by Crippen LogP contribution is 1.84. The van der Waals surface area contributed by atoms with Gasteiger partial charge in [-0.05, 0) is 0 Å². The van der Waals surface area contributed by atoms with E-state index in [0.29, 0.717) is 0 Å². The number of nitrogens with zero attached hydrogens (tertiary/aromatic N) is 1. The third-order valence-electron chi connectivity index (χ3n) is 1.59. The number of carbonyl (C=O) groups excluding carboxylic acids is 3. The summed E-state index contributed by atoms with van der Waals surface area (Å²) in [5.41, 5.74) is 0. The molecule has 1 N–H and O–H groups in total. The Hall–Kier alpha value is -2.05. The minimum Gasteiger partial charge on any atom is -0.466 e. The minimum atomic E-state index is -0.672. The Morgan fingerprint density at radius 2 is 1.76 bits per heavy atom. The monoisotopic (exact) mass is 244 g/mol. The van der Waals surface area contributed by atoms with Crippen molar-refractivity contribution in [3.05, 3.63) is 12.2 Å². The number of nitrogens with one attached hydrogen (secondary N) is 1. The van der Waals surface area contributed by atoms with Gasteiger partial charge in [0.2, 0.25) is 0 Å². The Morgan fingerprint density at radius 3 is 2.29 bits per heavy atom. The lowest BCUT2D eigenvalue weighted by Crippen LogP contribution is -2.36. The summed E-state index contributed by atoms with van der Waals surface area (Å²) in [5.74, 6) is -1.31. The highest BCUT2D eigenvalue weighted by molar-refractivity contribution is 5.91. The molecule has 2 amide bonds. The van der Waals surface area contributed by atoms with Crippen LogP contribution in [-0.4, -0.2) is 57.2 Å². The van der Waals surface area contributed by atoms with E-state index < -0.39 is 11.9 Å². The van der Waals surface area contributed by atoms with Crippen LogP contribution < -0.4 is 5.32 Å². The molecule has 0 aliphatic carbocycles. The lowest BCUT2D eigenvalue weighted by Gasteiger charge is -2.11. The predicted molar refractivity (Wildman–Crippen MR) is 59.2 cm³/mol. The SMILES string of the molecule is COC(=O)/C=C/C(=O)OCCNC(=O)N(C)C. The summed E-state index contributed by atoms with van der Waals surface area (Å²) in [6, 6.07) is -0.272. The molecular weight excluding hydrogens is 228 g/mol. The van der Waals surface area contributed by atoms with Crippen LogP contribution in [-0.2, 0) is 19.1 Å². The second-order valence-corrected chi connectivity index (χ2v) is 3.15. The van der Waals surface area contributed by atoms with E-state index in [4.69, 9.17) is 4.74 Å². The normalized spacial score (nSPS) is 9.82. The third kappa shape index (κ3) is 7.83. The smallest absolute Gasteiger partial charge is 0.331 e. The first-order valence-corrected chi connectivity index (χ1v) is 4.85. The van der Waals surface area contributed by atoms with E-state index in [2.05, 4.69) is 10.1 Å². The molecular formula is C10H16N2O5. The van der Waals surface area contributed by atoms with Gasteiger partial charge in [0.15, 0.2) is 0 Å². The average Bonchev–Trinajstić information content (AvgIpc) is 2.30. The van der Waals surface area contributed by atoms with Crippen LogP contribution in [0.3, 0.4) is 0 Å². The number of urea groups is 1.